The molecule has 0 bridgehead atoms. The molecule has 2 aliphatic rings. The smallest absolute Gasteiger partial charge is 0.270 e. The van der Waals surface area contributed by atoms with Crippen LogP contribution >= 0.6 is 0 Å². The molecule has 7 heteroatoms. The van der Waals surface area contributed by atoms with Gasteiger partial charge in [-0.2, -0.15) is 0 Å². The topological polar surface area (TPSA) is 68.1 Å². The molecule has 0 radical (unpaired) electrons. The molecular weight excluding hydrogens is 310 g/mol. The normalized spacial score (nSPS) is 22.6. The van der Waals surface area contributed by atoms with E-state index in [2.05, 4.69) is 9.80 Å². The van der Waals surface area contributed by atoms with Crippen molar-refractivity contribution in [2.75, 3.05) is 46.4 Å². The molecule has 24 heavy (non-hydrogen) atoms. The van der Waals surface area contributed by atoms with E-state index in [1.807, 2.05) is 0 Å². The Morgan fingerprint density at radius 3 is 2.67 bits per heavy atom. The number of benzene rings is 1. The van der Waals surface area contributed by atoms with Crippen LogP contribution in [0.15, 0.2) is 18.2 Å². The molecule has 2 saturated heterocycles. The predicted molar refractivity (Wildman–Crippen MR) is 90.3 cm³/mol. The molecule has 0 spiro atoms. The SMILES string of the molecule is COc1ccc([N+](=O)[O-])cc1CN1CCN(CC2CCCO2)CC1. The first-order valence-corrected chi connectivity index (χ1v) is 8.53. The van der Waals surface area contributed by atoms with Crippen LogP contribution in [0.5, 0.6) is 5.75 Å². The van der Waals surface area contributed by atoms with Crippen LogP contribution in [-0.2, 0) is 11.3 Å². The van der Waals surface area contributed by atoms with E-state index >= 15 is 0 Å². The minimum absolute atomic E-state index is 0.114. The maximum atomic E-state index is 11.0. The molecule has 1 atom stereocenters. The minimum atomic E-state index is -0.359. The highest BCUT2D eigenvalue weighted by molar-refractivity contribution is 5.43. The van der Waals surface area contributed by atoms with Crippen LogP contribution in [-0.4, -0.2) is 67.3 Å². The molecular formula is C17H25N3O4. The minimum Gasteiger partial charge on any atom is -0.496 e. The van der Waals surface area contributed by atoms with E-state index in [1.54, 1.807) is 19.2 Å². The fourth-order valence-electron chi connectivity index (χ4n) is 3.45. The number of nitrogens with zero attached hydrogens (tertiary/aromatic N) is 3. The summed E-state index contributed by atoms with van der Waals surface area (Å²) in [4.78, 5) is 15.4. The summed E-state index contributed by atoms with van der Waals surface area (Å²) in [5.74, 6) is 0.711. The fourth-order valence-corrected chi connectivity index (χ4v) is 3.45. The van der Waals surface area contributed by atoms with E-state index in [-0.39, 0.29) is 10.6 Å². The Labute approximate surface area is 142 Å². The van der Waals surface area contributed by atoms with E-state index < -0.39 is 0 Å². The number of nitro groups is 1. The van der Waals surface area contributed by atoms with Gasteiger partial charge in [0.1, 0.15) is 5.75 Å². The van der Waals surface area contributed by atoms with E-state index in [0.717, 1.165) is 44.9 Å². The van der Waals surface area contributed by atoms with Gasteiger partial charge in [-0.1, -0.05) is 0 Å². The Morgan fingerprint density at radius 2 is 2.04 bits per heavy atom. The maximum Gasteiger partial charge on any atom is 0.270 e. The van der Waals surface area contributed by atoms with Crippen molar-refractivity contribution in [1.29, 1.82) is 0 Å². The van der Waals surface area contributed by atoms with Gasteiger partial charge in [-0.25, -0.2) is 0 Å². The van der Waals surface area contributed by atoms with Crippen molar-refractivity contribution >= 4 is 5.69 Å². The van der Waals surface area contributed by atoms with Gasteiger partial charge in [-0.15, -0.1) is 0 Å². The van der Waals surface area contributed by atoms with Crippen molar-refractivity contribution in [1.82, 2.24) is 9.80 Å². The molecule has 1 unspecified atom stereocenters. The summed E-state index contributed by atoms with van der Waals surface area (Å²) in [7, 11) is 1.60. The van der Waals surface area contributed by atoms with Crippen molar-refractivity contribution in [3.05, 3.63) is 33.9 Å². The van der Waals surface area contributed by atoms with E-state index in [4.69, 9.17) is 9.47 Å². The van der Waals surface area contributed by atoms with Crippen LogP contribution in [0, 0.1) is 10.1 Å². The average molecular weight is 335 g/mol. The quantitative estimate of drug-likeness (QED) is 0.584. The first-order valence-electron chi connectivity index (χ1n) is 8.53. The van der Waals surface area contributed by atoms with Gasteiger partial charge in [0.15, 0.2) is 0 Å². The van der Waals surface area contributed by atoms with Crippen LogP contribution in [0.1, 0.15) is 18.4 Å². The first-order chi connectivity index (χ1) is 11.7. The van der Waals surface area contributed by atoms with Crippen LogP contribution in [0.4, 0.5) is 5.69 Å². The van der Waals surface area contributed by atoms with Crippen LogP contribution < -0.4 is 4.74 Å². The van der Waals surface area contributed by atoms with E-state index in [9.17, 15) is 10.1 Å². The first kappa shape index (κ1) is 17.1. The van der Waals surface area contributed by atoms with Crippen LogP contribution in [0.25, 0.3) is 0 Å². The second-order valence-electron chi connectivity index (χ2n) is 6.47. The third-order valence-electron chi connectivity index (χ3n) is 4.82. The highest BCUT2D eigenvalue weighted by Crippen LogP contribution is 2.25. The molecule has 2 aliphatic heterocycles. The maximum absolute atomic E-state index is 11.0. The monoisotopic (exact) mass is 335 g/mol. The molecule has 3 rings (SSSR count). The zero-order chi connectivity index (χ0) is 16.9. The largest absolute Gasteiger partial charge is 0.496 e. The predicted octanol–water partition coefficient (Wildman–Crippen LogP) is 1.90. The Morgan fingerprint density at radius 1 is 1.29 bits per heavy atom. The lowest BCUT2D eigenvalue weighted by molar-refractivity contribution is -0.385. The van der Waals surface area contributed by atoms with Crippen LogP contribution in [0.2, 0.25) is 0 Å². The Balaban J connectivity index is 1.55. The van der Waals surface area contributed by atoms with Gasteiger partial charge < -0.3 is 9.47 Å². The third kappa shape index (κ3) is 4.23. The van der Waals surface area contributed by atoms with E-state index in [0.29, 0.717) is 18.4 Å². The molecule has 0 saturated carbocycles. The lowest BCUT2D eigenvalue weighted by Gasteiger charge is -2.35. The number of piperazine rings is 1. The lowest BCUT2D eigenvalue weighted by Crippen LogP contribution is -2.48. The highest BCUT2D eigenvalue weighted by atomic mass is 16.6. The second kappa shape index (κ2) is 7.92. The molecule has 0 amide bonds. The Bertz CT molecular complexity index is 567. The lowest BCUT2D eigenvalue weighted by atomic mass is 10.1. The number of ether oxygens (including phenoxy) is 2. The van der Waals surface area contributed by atoms with Gasteiger partial charge in [0.25, 0.3) is 5.69 Å². The van der Waals surface area contributed by atoms with Gasteiger partial charge in [0, 0.05) is 63.6 Å². The number of hydrogen-bond acceptors (Lipinski definition) is 6. The van der Waals surface area contributed by atoms with E-state index in [1.165, 1.54) is 18.9 Å². The van der Waals surface area contributed by atoms with Crippen molar-refractivity contribution in [3.8, 4) is 5.75 Å². The summed E-state index contributed by atoms with van der Waals surface area (Å²) >= 11 is 0. The molecule has 2 heterocycles. The molecule has 1 aromatic rings. The number of non-ortho nitro benzene ring substituents is 1. The molecule has 0 aromatic heterocycles. The summed E-state index contributed by atoms with van der Waals surface area (Å²) in [5.41, 5.74) is 0.988. The standard InChI is InChI=1S/C17H25N3O4/c1-23-17-5-4-15(20(21)22)11-14(17)12-18-6-8-19(9-7-18)13-16-3-2-10-24-16/h4-5,11,16H,2-3,6-10,12-13H2,1H3. The van der Waals surface area contributed by atoms with Crippen LogP contribution in [0.3, 0.4) is 0 Å². The van der Waals surface area contributed by atoms with Gasteiger partial charge in [0.2, 0.25) is 0 Å². The van der Waals surface area contributed by atoms with Gasteiger partial charge in [-0.3, -0.25) is 19.9 Å². The van der Waals surface area contributed by atoms with Crippen molar-refractivity contribution < 1.29 is 14.4 Å². The van der Waals surface area contributed by atoms with Gasteiger partial charge in [-0.05, 0) is 18.9 Å². The van der Waals surface area contributed by atoms with Crippen molar-refractivity contribution in [3.63, 3.8) is 0 Å². The number of hydrogen-bond donors (Lipinski definition) is 0. The summed E-state index contributed by atoms with van der Waals surface area (Å²) in [5, 5.41) is 11.0. The molecule has 0 aliphatic carbocycles. The van der Waals surface area contributed by atoms with Crippen molar-refractivity contribution in [2.45, 2.75) is 25.5 Å². The van der Waals surface area contributed by atoms with Gasteiger partial charge in [0.05, 0.1) is 18.1 Å². The second-order valence-corrected chi connectivity index (χ2v) is 6.47. The number of nitro benzene ring substituents is 1. The molecule has 2 fully saturated rings. The summed E-state index contributed by atoms with van der Waals surface area (Å²) < 4.78 is 11.1. The summed E-state index contributed by atoms with van der Waals surface area (Å²) in [6.07, 6.45) is 2.75. The zero-order valence-electron chi connectivity index (χ0n) is 14.1. The Hall–Kier alpha value is -1.70. The number of methoxy groups -OCH3 is 1. The fraction of sp³-hybridized carbons (Fsp3) is 0.647. The highest BCUT2D eigenvalue weighted by Gasteiger charge is 2.23. The molecule has 132 valence electrons. The van der Waals surface area contributed by atoms with Crippen molar-refractivity contribution in [2.24, 2.45) is 0 Å². The molecule has 0 N–H and O–H groups in total. The summed E-state index contributed by atoms with van der Waals surface area (Å²) in [6.45, 7) is 6.54. The van der Waals surface area contributed by atoms with Gasteiger partial charge >= 0.3 is 0 Å². The summed E-state index contributed by atoms with van der Waals surface area (Å²) in [6, 6.07) is 4.79. The molecule has 7 nitrogen and oxygen atoms in total. The molecule has 1 aromatic carbocycles. The average Bonchev–Trinajstić information content (AvgIpc) is 3.09. The Kier molecular flexibility index (Phi) is 5.65. The number of rotatable bonds is 6. The zero-order valence-corrected chi connectivity index (χ0v) is 14.1. The third-order valence-corrected chi connectivity index (χ3v) is 4.82.